The van der Waals surface area contributed by atoms with Gasteiger partial charge in [0.15, 0.2) is 0 Å². The van der Waals surface area contributed by atoms with Crippen LogP contribution >= 0.6 is 11.6 Å². The van der Waals surface area contributed by atoms with Gasteiger partial charge in [-0.3, -0.25) is 9.69 Å². The predicted octanol–water partition coefficient (Wildman–Crippen LogP) is 3.44. The van der Waals surface area contributed by atoms with Gasteiger partial charge in [0, 0.05) is 18.0 Å². The first kappa shape index (κ1) is 29.3. The lowest BCUT2D eigenvalue weighted by atomic mass is 9.69. The molecule has 0 aromatic heterocycles. The van der Waals surface area contributed by atoms with Crippen LogP contribution in [0.2, 0.25) is 11.8 Å². The summed E-state index contributed by atoms with van der Waals surface area (Å²) in [6.07, 6.45) is 2.21. The molecule has 3 rings (SSSR count). The molecule has 0 spiro atoms. The van der Waals surface area contributed by atoms with Crippen LogP contribution in [0.5, 0.6) is 5.75 Å². The summed E-state index contributed by atoms with van der Waals surface area (Å²) in [5, 5.41) is 25.1. The zero-order valence-corrected chi connectivity index (χ0v) is 22.0. The maximum absolute atomic E-state index is 12.7. The fraction of sp³-hybridized carbons (Fsp3) is 0.519. The fourth-order valence-corrected chi connectivity index (χ4v) is 4.64. The number of halogens is 1. The van der Waals surface area contributed by atoms with Crippen LogP contribution in [0.1, 0.15) is 50.7 Å². The molecule has 2 aromatic carbocycles. The van der Waals surface area contributed by atoms with Crippen molar-refractivity contribution in [2.24, 2.45) is 0 Å². The standard InChI is InChI=1S/C23H28BClNO2.C4H10O3/c1-17-4-7-20(25)16-22(17)23(18(2)27)10-12-26(13-11-23)14-15-28-21-8-5-19(24-3)6-9-21;1-2-3-4(5,6)7/h4-9,16H,10-15H2,1-3H3;5-7H,2-3H2,1H3. The Kier molecular flexibility index (Phi) is 11.3. The molecule has 1 fully saturated rings. The van der Waals surface area contributed by atoms with Crippen molar-refractivity contribution in [3.63, 3.8) is 0 Å². The molecular weight excluding hydrogens is 465 g/mol. The van der Waals surface area contributed by atoms with Gasteiger partial charge < -0.3 is 20.1 Å². The molecule has 6 nitrogen and oxygen atoms in total. The number of ether oxygens (including phenoxy) is 1. The number of aliphatic hydroxyl groups is 3. The topological polar surface area (TPSA) is 90.2 Å². The number of carbonyl (C=O) groups is 1. The molecule has 0 amide bonds. The molecule has 0 unspecified atom stereocenters. The highest BCUT2D eigenvalue weighted by molar-refractivity contribution is 6.51. The Bertz CT molecular complexity index is 938. The highest BCUT2D eigenvalue weighted by atomic mass is 35.5. The van der Waals surface area contributed by atoms with Crippen LogP contribution in [-0.4, -0.2) is 65.5 Å². The van der Waals surface area contributed by atoms with Gasteiger partial charge in [-0.25, -0.2) is 0 Å². The van der Waals surface area contributed by atoms with Gasteiger partial charge in [-0.05, 0) is 81.6 Å². The van der Waals surface area contributed by atoms with E-state index in [1.54, 1.807) is 13.8 Å². The van der Waals surface area contributed by atoms with Crippen molar-refractivity contribution in [3.05, 3.63) is 58.6 Å². The van der Waals surface area contributed by atoms with Crippen molar-refractivity contribution in [3.8, 4) is 5.75 Å². The summed E-state index contributed by atoms with van der Waals surface area (Å²) in [6, 6.07) is 14.0. The molecule has 2 aromatic rings. The summed E-state index contributed by atoms with van der Waals surface area (Å²) < 4.78 is 5.89. The number of hydrogen-bond donors (Lipinski definition) is 3. The molecule has 35 heavy (non-hydrogen) atoms. The molecule has 0 bridgehead atoms. The summed E-state index contributed by atoms with van der Waals surface area (Å²) in [5.41, 5.74) is 3.01. The van der Waals surface area contributed by atoms with Gasteiger partial charge in [-0.15, -0.1) is 0 Å². The minimum Gasteiger partial charge on any atom is -0.492 e. The summed E-state index contributed by atoms with van der Waals surface area (Å²) >= 11 is 6.24. The van der Waals surface area contributed by atoms with Crippen LogP contribution in [0.25, 0.3) is 0 Å². The molecule has 1 radical (unpaired) electrons. The Morgan fingerprint density at radius 3 is 2.26 bits per heavy atom. The third-order valence-corrected chi connectivity index (χ3v) is 6.81. The van der Waals surface area contributed by atoms with Gasteiger partial charge in [-0.2, -0.15) is 0 Å². The van der Waals surface area contributed by atoms with Crippen molar-refractivity contribution in [2.75, 3.05) is 26.2 Å². The van der Waals surface area contributed by atoms with Crippen LogP contribution in [0.3, 0.4) is 0 Å². The Labute approximate surface area is 215 Å². The quantitative estimate of drug-likeness (QED) is 0.359. The van der Waals surface area contributed by atoms with Crippen LogP contribution in [0, 0.1) is 6.92 Å². The Morgan fingerprint density at radius 1 is 1.14 bits per heavy atom. The number of likely N-dealkylation sites (tertiary alicyclic amines) is 1. The number of hydrogen-bond acceptors (Lipinski definition) is 6. The van der Waals surface area contributed by atoms with Crippen LogP contribution in [-0.2, 0) is 10.2 Å². The Balaban J connectivity index is 0.000000540. The first-order valence-electron chi connectivity index (χ1n) is 12.2. The number of ketones is 1. The molecule has 0 atom stereocenters. The van der Waals surface area contributed by atoms with E-state index in [1.165, 1.54) is 5.46 Å². The summed E-state index contributed by atoms with van der Waals surface area (Å²) in [4.78, 5) is 15.0. The number of rotatable bonds is 9. The molecule has 1 aliphatic rings. The second kappa shape index (κ2) is 13.4. The first-order valence-corrected chi connectivity index (χ1v) is 12.6. The molecule has 1 saturated heterocycles. The van der Waals surface area contributed by atoms with Crippen molar-refractivity contribution in [2.45, 2.75) is 64.7 Å². The Morgan fingerprint density at radius 2 is 1.77 bits per heavy atom. The van der Waals surface area contributed by atoms with Gasteiger partial charge in [0.05, 0.1) is 5.41 Å². The molecular formula is C27H38BClNO5. The smallest absolute Gasteiger partial charge is 0.275 e. The third kappa shape index (κ3) is 8.92. The van der Waals surface area contributed by atoms with Crippen molar-refractivity contribution in [1.82, 2.24) is 4.90 Å². The van der Waals surface area contributed by atoms with Crippen molar-refractivity contribution >= 4 is 30.1 Å². The summed E-state index contributed by atoms with van der Waals surface area (Å²) in [6.45, 7) is 10.9. The monoisotopic (exact) mass is 502 g/mol. The van der Waals surface area contributed by atoms with E-state index in [0.29, 0.717) is 18.1 Å². The van der Waals surface area contributed by atoms with E-state index in [4.69, 9.17) is 31.7 Å². The number of carbonyl (C=O) groups excluding carboxylic acids is 1. The SMILES string of the molecule is CCCC(O)(O)O.C[B]c1ccc(OCCN2CCC(C(C)=O)(c3cc(Cl)ccc3C)CC2)cc1. The maximum atomic E-state index is 12.7. The van der Waals surface area contributed by atoms with E-state index in [1.807, 2.05) is 37.2 Å². The molecule has 1 aliphatic heterocycles. The van der Waals surface area contributed by atoms with Crippen LogP contribution in [0.4, 0.5) is 0 Å². The zero-order valence-electron chi connectivity index (χ0n) is 21.3. The molecule has 3 N–H and O–H groups in total. The number of benzene rings is 2. The van der Waals surface area contributed by atoms with Gasteiger partial charge in [0.1, 0.15) is 25.4 Å². The van der Waals surface area contributed by atoms with E-state index in [2.05, 4.69) is 31.2 Å². The summed E-state index contributed by atoms with van der Waals surface area (Å²) in [5.74, 6) is -1.31. The number of Topliss-reactive ketones (excluding diaryl/α,β-unsaturated/α-hetero) is 1. The van der Waals surface area contributed by atoms with Crippen LogP contribution < -0.4 is 10.2 Å². The maximum Gasteiger partial charge on any atom is 0.275 e. The van der Waals surface area contributed by atoms with Crippen molar-refractivity contribution < 1.29 is 24.9 Å². The lowest BCUT2D eigenvalue weighted by Gasteiger charge is -2.41. The van der Waals surface area contributed by atoms with E-state index < -0.39 is 11.4 Å². The van der Waals surface area contributed by atoms with Gasteiger partial charge in [0.2, 0.25) is 0 Å². The van der Waals surface area contributed by atoms with Gasteiger partial charge in [0.25, 0.3) is 5.97 Å². The van der Waals surface area contributed by atoms with E-state index >= 15 is 0 Å². The molecule has 0 saturated carbocycles. The van der Waals surface area contributed by atoms with Crippen LogP contribution in [0.15, 0.2) is 42.5 Å². The highest BCUT2D eigenvalue weighted by Crippen LogP contribution is 2.39. The fourth-order valence-electron chi connectivity index (χ4n) is 4.46. The largest absolute Gasteiger partial charge is 0.492 e. The third-order valence-electron chi connectivity index (χ3n) is 6.57. The Hall–Kier alpha value is -1.90. The second-order valence-corrected chi connectivity index (χ2v) is 9.61. The molecule has 8 heteroatoms. The highest BCUT2D eigenvalue weighted by Gasteiger charge is 2.41. The number of aryl methyl sites for hydroxylation is 1. The molecule has 191 valence electrons. The normalized spacial score (nSPS) is 15.7. The summed E-state index contributed by atoms with van der Waals surface area (Å²) in [7, 11) is 2.07. The van der Waals surface area contributed by atoms with Gasteiger partial charge >= 0.3 is 0 Å². The minimum absolute atomic E-state index is 0.00694. The number of nitrogens with zero attached hydrogens (tertiary/aromatic N) is 1. The van der Waals surface area contributed by atoms with E-state index in [0.717, 1.165) is 49.4 Å². The van der Waals surface area contributed by atoms with E-state index in [9.17, 15) is 4.79 Å². The molecule has 0 aliphatic carbocycles. The predicted molar refractivity (Wildman–Crippen MR) is 142 cm³/mol. The lowest BCUT2D eigenvalue weighted by Crippen LogP contribution is -2.47. The first-order chi connectivity index (χ1) is 16.5. The van der Waals surface area contributed by atoms with E-state index in [-0.39, 0.29) is 12.2 Å². The molecule has 1 heterocycles. The average Bonchev–Trinajstić information content (AvgIpc) is 2.81. The zero-order chi connectivity index (χ0) is 26.1. The average molecular weight is 503 g/mol. The number of piperidine rings is 1. The second-order valence-electron chi connectivity index (χ2n) is 9.17. The van der Waals surface area contributed by atoms with Crippen molar-refractivity contribution in [1.29, 1.82) is 0 Å². The lowest BCUT2D eigenvalue weighted by molar-refractivity contribution is -0.314. The minimum atomic E-state index is -2.45. The van der Waals surface area contributed by atoms with Gasteiger partial charge in [-0.1, -0.05) is 49.0 Å².